The number of nitriles is 1. The molecule has 0 radical (unpaired) electrons. The minimum absolute atomic E-state index is 0.241. The highest BCUT2D eigenvalue weighted by Crippen LogP contribution is 2.29. The molecule has 3 rings (SSSR count). The summed E-state index contributed by atoms with van der Waals surface area (Å²) in [5.41, 5.74) is 8.60. The first-order chi connectivity index (χ1) is 10.7. The molecule has 114 valence electrons. The van der Waals surface area contributed by atoms with Gasteiger partial charge in [-0.15, -0.1) is 0 Å². The molecule has 0 aromatic carbocycles. The van der Waals surface area contributed by atoms with Gasteiger partial charge in [-0.3, -0.25) is 5.10 Å². The molecule has 22 heavy (non-hydrogen) atoms. The van der Waals surface area contributed by atoms with Crippen LogP contribution in [0.5, 0.6) is 0 Å². The molecule has 1 atom stereocenters. The van der Waals surface area contributed by atoms with E-state index in [2.05, 4.69) is 32.0 Å². The Labute approximate surface area is 129 Å². The Kier molecular flexibility index (Phi) is 3.92. The second kappa shape index (κ2) is 6.02. The van der Waals surface area contributed by atoms with Gasteiger partial charge >= 0.3 is 0 Å². The second-order valence-corrected chi connectivity index (χ2v) is 5.53. The van der Waals surface area contributed by atoms with Crippen LogP contribution in [-0.2, 0) is 6.42 Å². The number of aryl methyl sites for hydroxylation is 1. The van der Waals surface area contributed by atoms with Gasteiger partial charge in [-0.25, -0.2) is 4.98 Å². The summed E-state index contributed by atoms with van der Waals surface area (Å²) >= 11 is 0. The smallest absolute Gasteiger partial charge is 0.227 e. The number of nitrogens with one attached hydrogen (secondary N) is 1. The van der Waals surface area contributed by atoms with Crippen LogP contribution in [0.1, 0.15) is 42.5 Å². The predicted molar refractivity (Wildman–Crippen MR) is 83.3 cm³/mol. The van der Waals surface area contributed by atoms with Crippen LogP contribution in [0.4, 0.5) is 11.8 Å². The SMILES string of the molecule is CCc1cn[nH]c1[C@@H]1CCCN(c2ncc(C#N)c(N)n2)C1. The van der Waals surface area contributed by atoms with Crippen molar-refractivity contribution in [2.45, 2.75) is 32.1 Å². The van der Waals surface area contributed by atoms with Gasteiger partial charge in [0.1, 0.15) is 17.5 Å². The molecule has 3 N–H and O–H groups in total. The van der Waals surface area contributed by atoms with Crippen LogP contribution in [0.2, 0.25) is 0 Å². The largest absolute Gasteiger partial charge is 0.382 e. The van der Waals surface area contributed by atoms with Gasteiger partial charge in [0.05, 0.1) is 12.4 Å². The van der Waals surface area contributed by atoms with E-state index in [0.29, 0.717) is 17.4 Å². The lowest BCUT2D eigenvalue weighted by molar-refractivity contribution is 0.492. The Morgan fingerprint density at radius 1 is 1.50 bits per heavy atom. The van der Waals surface area contributed by atoms with E-state index in [0.717, 1.165) is 32.4 Å². The number of hydrogen-bond donors (Lipinski definition) is 2. The first-order valence-corrected chi connectivity index (χ1v) is 7.52. The molecule has 3 heterocycles. The van der Waals surface area contributed by atoms with Gasteiger partial charge in [-0.2, -0.15) is 15.3 Å². The molecule has 0 spiro atoms. The number of hydrogen-bond acceptors (Lipinski definition) is 6. The maximum Gasteiger partial charge on any atom is 0.227 e. The first kappa shape index (κ1) is 14.3. The van der Waals surface area contributed by atoms with Crippen molar-refractivity contribution in [3.05, 3.63) is 29.2 Å². The first-order valence-electron chi connectivity index (χ1n) is 7.52. The van der Waals surface area contributed by atoms with Crippen LogP contribution in [0.15, 0.2) is 12.4 Å². The van der Waals surface area contributed by atoms with Crippen LogP contribution in [-0.4, -0.2) is 33.3 Å². The van der Waals surface area contributed by atoms with Gasteiger partial charge in [0.25, 0.3) is 0 Å². The average Bonchev–Trinajstić information content (AvgIpc) is 3.03. The summed E-state index contributed by atoms with van der Waals surface area (Å²) in [4.78, 5) is 10.7. The Bertz CT molecular complexity index is 700. The zero-order chi connectivity index (χ0) is 15.5. The fourth-order valence-corrected chi connectivity index (χ4v) is 2.97. The maximum atomic E-state index is 8.91. The lowest BCUT2D eigenvalue weighted by Crippen LogP contribution is -2.36. The molecule has 1 aliphatic rings. The van der Waals surface area contributed by atoms with Gasteiger partial charge in [0, 0.05) is 24.7 Å². The minimum Gasteiger partial charge on any atom is -0.382 e. The van der Waals surface area contributed by atoms with Crippen molar-refractivity contribution in [1.29, 1.82) is 5.26 Å². The monoisotopic (exact) mass is 297 g/mol. The van der Waals surface area contributed by atoms with E-state index in [1.54, 1.807) is 0 Å². The number of rotatable bonds is 3. The van der Waals surface area contributed by atoms with Crippen LogP contribution in [0.25, 0.3) is 0 Å². The van der Waals surface area contributed by atoms with Crippen molar-refractivity contribution in [3.8, 4) is 6.07 Å². The Morgan fingerprint density at radius 3 is 3.09 bits per heavy atom. The summed E-state index contributed by atoms with van der Waals surface area (Å²) < 4.78 is 0. The molecule has 0 unspecified atom stereocenters. The zero-order valence-corrected chi connectivity index (χ0v) is 12.6. The van der Waals surface area contributed by atoms with Crippen molar-refractivity contribution in [2.24, 2.45) is 0 Å². The molecular weight excluding hydrogens is 278 g/mol. The molecule has 1 saturated heterocycles. The van der Waals surface area contributed by atoms with Gasteiger partial charge in [0.2, 0.25) is 5.95 Å². The summed E-state index contributed by atoms with van der Waals surface area (Å²) in [5, 5.41) is 16.2. The molecule has 0 aliphatic carbocycles. The van der Waals surface area contributed by atoms with Crippen LogP contribution >= 0.6 is 0 Å². The van der Waals surface area contributed by atoms with Gasteiger partial charge in [0.15, 0.2) is 0 Å². The molecule has 7 heteroatoms. The highest BCUT2D eigenvalue weighted by atomic mass is 15.3. The van der Waals surface area contributed by atoms with Gasteiger partial charge in [-0.05, 0) is 24.8 Å². The molecular formula is C15H19N7. The van der Waals surface area contributed by atoms with Crippen molar-refractivity contribution in [1.82, 2.24) is 20.2 Å². The number of nitrogens with two attached hydrogens (primary N) is 1. The molecule has 2 aromatic rings. The number of aromatic nitrogens is 4. The summed E-state index contributed by atoms with van der Waals surface area (Å²) in [5.74, 6) is 1.23. The maximum absolute atomic E-state index is 8.91. The van der Waals surface area contributed by atoms with Crippen LogP contribution in [0.3, 0.4) is 0 Å². The van der Waals surface area contributed by atoms with E-state index >= 15 is 0 Å². The quantitative estimate of drug-likeness (QED) is 0.891. The molecule has 0 amide bonds. The number of aromatic amines is 1. The molecule has 2 aromatic heterocycles. The fraction of sp³-hybridized carbons (Fsp3) is 0.467. The standard InChI is InChI=1S/C15H19N7/c1-2-10-8-19-21-13(10)11-4-3-5-22(9-11)15-18-7-12(6-16)14(17)20-15/h7-8,11H,2-5,9H2,1H3,(H,19,21)(H2,17,18,20)/t11-/m1/s1. The normalized spacial score (nSPS) is 18.2. The minimum atomic E-state index is 0.241. The van der Waals surface area contributed by atoms with E-state index < -0.39 is 0 Å². The molecule has 0 bridgehead atoms. The molecule has 0 saturated carbocycles. The zero-order valence-electron chi connectivity index (χ0n) is 12.6. The van der Waals surface area contributed by atoms with Crippen molar-refractivity contribution < 1.29 is 0 Å². The van der Waals surface area contributed by atoms with Crippen LogP contribution in [0, 0.1) is 11.3 Å². The van der Waals surface area contributed by atoms with Gasteiger partial charge < -0.3 is 10.6 Å². The van der Waals surface area contributed by atoms with Crippen molar-refractivity contribution >= 4 is 11.8 Å². The van der Waals surface area contributed by atoms with Crippen molar-refractivity contribution in [2.75, 3.05) is 23.7 Å². The van der Waals surface area contributed by atoms with E-state index in [4.69, 9.17) is 11.0 Å². The lowest BCUT2D eigenvalue weighted by atomic mass is 9.92. The van der Waals surface area contributed by atoms with E-state index in [-0.39, 0.29) is 5.82 Å². The highest BCUT2D eigenvalue weighted by Gasteiger charge is 2.26. The fourth-order valence-electron chi connectivity index (χ4n) is 2.97. The van der Waals surface area contributed by atoms with Gasteiger partial charge in [-0.1, -0.05) is 6.92 Å². The molecule has 1 aliphatic heterocycles. The Balaban J connectivity index is 1.81. The average molecular weight is 297 g/mol. The molecule has 7 nitrogen and oxygen atoms in total. The predicted octanol–water partition coefficient (Wildman–Crippen LogP) is 1.60. The summed E-state index contributed by atoms with van der Waals surface area (Å²) in [7, 11) is 0. The summed E-state index contributed by atoms with van der Waals surface area (Å²) in [6.07, 6.45) is 6.57. The van der Waals surface area contributed by atoms with Crippen LogP contribution < -0.4 is 10.6 Å². The lowest BCUT2D eigenvalue weighted by Gasteiger charge is -2.32. The second-order valence-electron chi connectivity index (χ2n) is 5.53. The third-order valence-electron chi connectivity index (χ3n) is 4.17. The van der Waals surface area contributed by atoms with E-state index in [1.807, 2.05) is 12.3 Å². The van der Waals surface area contributed by atoms with E-state index in [1.165, 1.54) is 17.5 Å². The summed E-state index contributed by atoms with van der Waals surface area (Å²) in [6.45, 7) is 3.87. The van der Waals surface area contributed by atoms with Crippen molar-refractivity contribution in [3.63, 3.8) is 0 Å². The number of nitrogens with zero attached hydrogens (tertiary/aromatic N) is 5. The number of nitrogen functional groups attached to an aromatic ring is 1. The van der Waals surface area contributed by atoms with E-state index in [9.17, 15) is 0 Å². The third-order valence-corrected chi connectivity index (χ3v) is 4.17. The number of H-pyrrole nitrogens is 1. The topological polar surface area (TPSA) is 108 Å². The number of piperidine rings is 1. The third kappa shape index (κ3) is 2.60. The Morgan fingerprint density at radius 2 is 2.36 bits per heavy atom. The summed E-state index contributed by atoms with van der Waals surface area (Å²) in [6, 6.07) is 1.99. The molecule has 1 fully saturated rings. The highest BCUT2D eigenvalue weighted by molar-refractivity contribution is 5.50. The number of anilines is 2. The Hall–Kier alpha value is -2.62.